The number of nitrogens with two attached hydrogens (primary N) is 1. The number of ether oxygens (including phenoxy) is 2. The van der Waals surface area contributed by atoms with Crippen LogP contribution in [0.25, 0.3) is 0 Å². The highest BCUT2D eigenvalue weighted by molar-refractivity contribution is 7.96. The molecular weight excluding hydrogens is 271 g/mol. The first-order chi connectivity index (χ1) is 8.96. The number of allylic oxidation sites excluding steroid dienone is 1. The molecule has 0 radical (unpaired) electrons. The van der Waals surface area contributed by atoms with E-state index < -0.39 is 21.3 Å². The highest BCUT2D eigenvalue weighted by atomic mass is 32.2. The van der Waals surface area contributed by atoms with E-state index in [-0.39, 0.29) is 10.8 Å². The Labute approximate surface area is 112 Å². The van der Waals surface area contributed by atoms with E-state index in [1.807, 2.05) is 0 Å². The van der Waals surface area contributed by atoms with E-state index in [1.165, 1.54) is 7.11 Å². The summed E-state index contributed by atoms with van der Waals surface area (Å²) in [5, 5.41) is 0. The van der Waals surface area contributed by atoms with Crippen molar-refractivity contribution in [1.82, 2.24) is 0 Å². The summed E-state index contributed by atoms with van der Waals surface area (Å²) in [5.74, 6) is 0.0935. The molecule has 0 aromatic carbocycles. The third kappa shape index (κ3) is 2.09. The van der Waals surface area contributed by atoms with Crippen LogP contribution in [-0.2, 0) is 19.2 Å². The van der Waals surface area contributed by atoms with Gasteiger partial charge in [-0.2, -0.15) is 0 Å². The Morgan fingerprint density at radius 1 is 1.63 bits per heavy atom. The van der Waals surface area contributed by atoms with Crippen LogP contribution in [0.1, 0.15) is 12.8 Å². The quantitative estimate of drug-likeness (QED) is 0.776. The minimum atomic E-state index is -3.44. The van der Waals surface area contributed by atoms with Gasteiger partial charge in [-0.25, -0.2) is 13.4 Å². The van der Waals surface area contributed by atoms with Crippen molar-refractivity contribution < 1.29 is 18.1 Å². The number of nitrogens with one attached hydrogen (secondary N) is 1. The molecule has 3 N–H and O–H groups in total. The maximum Gasteiger partial charge on any atom is 0.176 e. The number of hydrogen-bond donors (Lipinski definition) is 2. The molecule has 0 amide bonds. The SMILES string of the molecule is COC1=C(S(=N)(=O)CF)C2CC2(OC)C(CCN)=C1. The minimum Gasteiger partial charge on any atom is -0.496 e. The smallest absolute Gasteiger partial charge is 0.176 e. The van der Waals surface area contributed by atoms with Crippen LogP contribution in [0, 0.1) is 10.7 Å². The fraction of sp³-hybridized carbons (Fsp3) is 0.667. The van der Waals surface area contributed by atoms with Gasteiger partial charge < -0.3 is 15.2 Å². The molecule has 0 bridgehead atoms. The number of rotatable bonds is 6. The molecule has 1 saturated carbocycles. The summed E-state index contributed by atoms with van der Waals surface area (Å²) < 4.78 is 43.4. The van der Waals surface area contributed by atoms with Gasteiger partial charge in [0.05, 0.1) is 17.6 Å². The van der Waals surface area contributed by atoms with Gasteiger partial charge in [0.1, 0.15) is 15.5 Å². The van der Waals surface area contributed by atoms with Gasteiger partial charge in [-0.05, 0) is 31.0 Å². The van der Waals surface area contributed by atoms with E-state index in [2.05, 4.69) is 0 Å². The zero-order valence-electron chi connectivity index (χ0n) is 11.1. The number of halogens is 1. The van der Waals surface area contributed by atoms with E-state index in [9.17, 15) is 8.60 Å². The van der Waals surface area contributed by atoms with Crippen LogP contribution in [0.3, 0.4) is 0 Å². The molecule has 0 heterocycles. The molecule has 1 fully saturated rings. The summed E-state index contributed by atoms with van der Waals surface area (Å²) in [4.78, 5) is 0.236. The number of fused-ring (bicyclic) bond motifs is 1. The lowest BCUT2D eigenvalue weighted by Gasteiger charge is -2.26. The average Bonchev–Trinajstić information content (AvgIpc) is 3.14. The summed E-state index contributed by atoms with van der Waals surface area (Å²) in [6.07, 6.45) is 2.95. The molecule has 0 aromatic rings. The monoisotopic (exact) mass is 290 g/mol. The van der Waals surface area contributed by atoms with Gasteiger partial charge >= 0.3 is 0 Å². The predicted molar refractivity (Wildman–Crippen MR) is 70.5 cm³/mol. The summed E-state index contributed by atoms with van der Waals surface area (Å²) in [5.41, 5.74) is 5.99. The second kappa shape index (κ2) is 4.88. The lowest BCUT2D eigenvalue weighted by molar-refractivity contribution is 0.0955. The summed E-state index contributed by atoms with van der Waals surface area (Å²) in [7, 11) is -0.442. The molecule has 7 heteroatoms. The molecule has 5 nitrogen and oxygen atoms in total. The zero-order chi connectivity index (χ0) is 14.3. The van der Waals surface area contributed by atoms with Crippen molar-refractivity contribution in [2.45, 2.75) is 18.4 Å². The molecule has 2 aliphatic rings. The van der Waals surface area contributed by atoms with Crippen molar-refractivity contribution in [3.8, 4) is 0 Å². The lowest BCUT2D eigenvalue weighted by Crippen LogP contribution is -2.27. The highest BCUT2D eigenvalue weighted by Gasteiger charge is 2.63. The molecule has 19 heavy (non-hydrogen) atoms. The van der Waals surface area contributed by atoms with Gasteiger partial charge in [-0.15, -0.1) is 0 Å². The van der Waals surface area contributed by atoms with Gasteiger partial charge in [-0.1, -0.05) is 0 Å². The van der Waals surface area contributed by atoms with Crippen molar-refractivity contribution >= 4 is 9.73 Å². The second-order valence-corrected chi connectivity index (χ2v) is 6.78. The largest absolute Gasteiger partial charge is 0.496 e. The molecule has 0 aliphatic heterocycles. The van der Waals surface area contributed by atoms with Crippen LogP contribution in [0.15, 0.2) is 22.3 Å². The minimum absolute atomic E-state index is 0.236. The lowest BCUT2D eigenvalue weighted by atomic mass is 9.96. The van der Waals surface area contributed by atoms with E-state index >= 15 is 0 Å². The van der Waals surface area contributed by atoms with Gasteiger partial charge in [0, 0.05) is 13.0 Å². The third-order valence-corrected chi connectivity index (χ3v) is 5.33. The van der Waals surface area contributed by atoms with Gasteiger partial charge in [0.2, 0.25) is 0 Å². The Bertz CT molecular complexity index is 541. The molecule has 108 valence electrons. The highest BCUT2D eigenvalue weighted by Crippen LogP contribution is 2.60. The standard InChI is InChI=1S/C12H19FN2O3S/c1-17-10-5-8(3-4-14)12(18-2)6-9(12)11(10)19(15,16)7-13/h5,9,15H,3-4,6-7,14H2,1-2H3. The molecule has 2 rings (SSSR count). The van der Waals surface area contributed by atoms with Gasteiger partial charge in [-0.3, -0.25) is 0 Å². The van der Waals surface area contributed by atoms with Crippen LogP contribution >= 0.6 is 0 Å². The van der Waals surface area contributed by atoms with Crippen molar-refractivity contribution in [3.63, 3.8) is 0 Å². The van der Waals surface area contributed by atoms with E-state index in [4.69, 9.17) is 20.0 Å². The Balaban J connectivity index is 2.53. The summed E-state index contributed by atoms with van der Waals surface area (Å²) in [6.45, 7) is 0.468. The van der Waals surface area contributed by atoms with Gasteiger partial charge in [0.25, 0.3) is 0 Å². The van der Waals surface area contributed by atoms with Crippen molar-refractivity contribution in [1.29, 1.82) is 4.78 Å². The zero-order valence-corrected chi connectivity index (χ0v) is 11.9. The Morgan fingerprint density at radius 3 is 2.79 bits per heavy atom. The molecule has 3 unspecified atom stereocenters. The number of alkyl halides is 1. The van der Waals surface area contributed by atoms with Crippen molar-refractivity contribution in [3.05, 3.63) is 22.3 Å². The Hall–Kier alpha value is -0.920. The fourth-order valence-corrected chi connectivity index (χ4v) is 4.15. The van der Waals surface area contributed by atoms with E-state index in [0.29, 0.717) is 25.1 Å². The van der Waals surface area contributed by atoms with Crippen LogP contribution in [0.4, 0.5) is 4.39 Å². The normalized spacial score (nSPS) is 32.4. The number of hydrogen-bond acceptors (Lipinski definition) is 5. The molecular formula is C12H19FN2O3S. The topological polar surface area (TPSA) is 85.4 Å². The van der Waals surface area contributed by atoms with E-state index in [0.717, 1.165) is 5.57 Å². The number of methoxy groups -OCH3 is 2. The van der Waals surface area contributed by atoms with E-state index in [1.54, 1.807) is 13.2 Å². The fourth-order valence-electron chi connectivity index (χ4n) is 2.83. The first-order valence-electron chi connectivity index (χ1n) is 6.03. The Morgan fingerprint density at radius 2 is 2.32 bits per heavy atom. The average molecular weight is 290 g/mol. The first kappa shape index (κ1) is 14.5. The van der Waals surface area contributed by atoms with Crippen LogP contribution < -0.4 is 5.73 Å². The maximum absolute atomic E-state index is 12.9. The first-order valence-corrected chi connectivity index (χ1v) is 7.76. The second-order valence-electron chi connectivity index (χ2n) is 4.78. The Kier molecular flexibility index (Phi) is 3.72. The predicted octanol–water partition coefficient (Wildman–Crippen LogP) is 1.51. The maximum atomic E-state index is 12.9. The molecule has 0 aromatic heterocycles. The van der Waals surface area contributed by atoms with Crippen molar-refractivity contribution in [2.24, 2.45) is 11.7 Å². The summed E-state index contributed by atoms with van der Waals surface area (Å²) >= 11 is 0. The molecule has 0 spiro atoms. The molecule has 3 atom stereocenters. The van der Waals surface area contributed by atoms with Crippen LogP contribution in [0.5, 0.6) is 0 Å². The molecule has 0 saturated heterocycles. The third-order valence-electron chi connectivity index (χ3n) is 3.83. The van der Waals surface area contributed by atoms with Crippen LogP contribution in [0.2, 0.25) is 0 Å². The summed E-state index contributed by atoms with van der Waals surface area (Å²) in [6, 6.07) is -1.20. The van der Waals surface area contributed by atoms with Crippen LogP contribution in [-0.4, -0.2) is 36.6 Å². The van der Waals surface area contributed by atoms with Gasteiger partial charge in [0.15, 0.2) is 6.01 Å². The van der Waals surface area contributed by atoms with Crippen molar-refractivity contribution in [2.75, 3.05) is 26.8 Å². The molecule has 2 aliphatic carbocycles.